The van der Waals surface area contributed by atoms with Crippen LogP contribution in [0.3, 0.4) is 0 Å². The first-order valence-corrected chi connectivity index (χ1v) is 11.5. The van der Waals surface area contributed by atoms with Gasteiger partial charge in [-0.2, -0.15) is 0 Å². The molecule has 2 atom stereocenters. The highest BCUT2D eigenvalue weighted by molar-refractivity contribution is 6.05. The van der Waals surface area contributed by atoms with Crippen molar-refractivity contribution >= 4 is 22.8 Å². The normalized spacial score (nSPS) is 23.5. The molecule has 3 heterocycles. The first-order chi connectivity index (χ1) is 15.7. The number of carbonyl (C=O) groups excluding carboxylic acids is 2. The van der Waals surface area contributed by atoms with E-state index >= 15 is 0 Å². The maximum absolute atomic E-state index is 13.1. The fraction of sp³-hybridized carbons (Fsp3) is 0.407. The first-order valence-electron chi connectivity index (χ1n) is 11.5. The molecule has 0 radical (unpaired) electrons. The molecule has 2 bridgehead atoms. The summed E-state index contributed by atoms with van der Waals surface area (Å²) in [6.45, 7) is 7.31. The smallest absolute Gasteiger partial charge is 0.339 e. The van der Waals surface area contributed by atoms with Crippen molar-refractivity contribution in [2.45, 2.75) is 46.1 Å². The van der Waals surface area contributed by atoms with Gasteiger partial charge in [0.25, 0.3) is 5.91 Å². The number of benzene rings is 1. The lowest BCUT2D eigenvalue weighted by atomic mass is 9.65. The monoisotopic (exact) mass is 443 g/mol. The van der Waals surface area contributed by atoms with Crippen LogP contribution in [-0.4, -0.2) is 45.9 Å². The van der Waals surface area contributed by atoms with Crippen molar-refractivity contribution < 1.29 is 14.3 Å². The number of para-hydroxylation sites is 1. The van der Waals surface area contributed by atoms with Gasteiger partial charge in [0.2, 0.25) is 0 Å². The molecule has 6 heteroatoms. The van der Waals surface area contributed by atoms with E-state index in [-0.39, 0.29) is 29.4 Å². The molecule has 33 heavy (non-hydrogen) atoms. The lowest BCUT2D eigenvalue weighted by Crippen LogP contribution is -2.39. The van der Waals surface area contributed by atoms with Gasteiger partial charge in [-0.05, 0) is 54.4 Å². The number of fused-ring (bicyclic) bond motifs is 3. The predicted octanol–water partition coefficient (Wildman–Crippen LogP) is 4.88. The molecule has 1 aromatic carbocycles. The van der Waals surface area contributed by atoms with Crippen molar-refractivity contribution in [2.24, 2.45) is 10.8 Å². The zero-order chi connectivity index (χ0) is 23.2. The minimum Gasteiger partial charge on any atom is -0.452 e. The molecule has 0 spiro atoms. The summed E-state index contributed by atoms with van der Waals surface area (Å²) < 4.78 is 5.56. The molecule has 1 saturated carbocycles. The fourth-order valence-corrected chi connectivity index (χ4v) is 6.03. The summed E-state index contributed by atoms with van der Waals surface area (Å²) in [5, 5.41) is 0.695. The Labute approximate surface area is 194 Å². The van der Waals surface area contributed by atoms with Gasteiger partial charge >= 0.3 is 5.97 Å². The largest absolute Gasteiger partial charge is 0.452 e. The molecule has 1 aliphatic carbocycles. The molecule has 2 aromatic heterocycles. The van der Waals surface area contributed by atoms with Gasteiger partial charge in [0, 0.05) is 24.2 Å². The third-order valence-corrected chi connectivity index (χ3v) is 6.93. The summed E-state index contributed by atoms with van der Waals surface area (Å²) >= 11 is 0. The Balaban J connectivity index is 1.36. The molecule has 1 amide bonds. The quantitative estimate of drug-likeness (QED) is 0.538. The Morgan fingerprint density at radius 3 is 2.64 bits per heavy atom. The molecule has 6 nitrogen and oxygen atoms in total. The van der Waals surface area contributed by atoms with Crippen LogP contribution in [-0.2, 0) is 9.53 Å². The molecule has 3 aromatic rings. The van der Waals surface area contributed by atoms with E-state index in [2.05, 4.69) is 30.7 Å². The lowest BCUT2D eigenvalue weighted by molar-refractivity contribution is -0.135. The van der Waals surface area contributed by atoms with Crippen LogP contribution >= 0.6 is 0 Å². The minimum absolute atomic E-state index is 0.113. The van der Waals surface area contributed by atoms with E-state index in [9.17, 15) is 9.59 Å². The second-order valence-electron chi connectivity index (χ2n) is 10.6. The van der Waals surface area contributed by atoms with Gasteiger partial charge in [0.05, 0.1) is 22.5 Å². The summed E-state index contributed by atoms with van der Waals surface area (Å²) in [6, 6.07) is 14.9. The van der Waals surface area contributed by atoms with E-state index in [0.717, 1.165) is 25.8 Å². The lowest BCUT2D eigenvalue weighted by Gasteiger charge is -2.39. The topological polar surface area (TPSA) is 72.4 Å². The molecule has 1 saturated heterocycles. The number of hydrogen-bond acceptors (Lipinski definition) is 5. The Hall–Kier alpha value is -3.28. The average Bonchev–Trinajstić information content (AvgIpc) is 3.05. The Morgan fingerprint density at radius 1 is 1.06 bits per heavy atom. The highest BCUT2D eigenvalue weighted by Gasteiger charge is 2.50. The number of nitrogens with zero attached hydrogens (tertiary/aromatic N) is 3. The van der Waals surface area contributed by atoms with Crippen molar-refractivity contribution in [2.75, 3.05) is 13.2 Å². The molecule has 0 N–H and O–H groups in total. The van der Waals surface area contributed by atoms with Crippen molar-refractivity contribution in [1.29, 1.82) is 0 Å². The number of hydrogen-bond donors (Lipinski definition) is 0. The standard InChI is InChI=1S/C27H29N3O3/c1-26(2)13-18-14-27(3,16-26)17-30(18)24(31)15-33-25(32)20-12-23(22-10-6-7-11-28-22)29-21-9-5-4-8-19(20)21/h4-12,18H,13-17H2,1-3H3. The van der Waals surface area contributed by atoms with Gasteiger partial charge in [-0.1, -0.05) is 45.0 Å². The summed E-state index contributed by atoms with van der Waals surface area (Å²) in [5.41, 5.74) is 2.71. The Kier molecular flexibility index (Phi) is 5.19. The summed E-state index contributed by atoms with van der Waals surface area (Å²) in [4.78, 5) is 37.1. The van der Waals surface area contributed by atoms with Gasteiger partial charge in [-0.15, -0.1) is 0 Å². The van der Waals surface area contributed by atoms with Crippen LogP contribution in [0, 0.1) is 10.8 Å². The van der Waals surface area contributed by atoms with Crippen molar-refractivity contribution in [3.63, 3.8) is 0 Å². The van der Waals surface area contributed by atoms with Crippen molar-refractivity contribution in [3.05, 3.63) is 60.3 Å². The number of rotatable bonds is 4. The maximum Gasteiger partial charge on any atom is 0.339 e. The summed E-state index contributed by atoms with van der Waals surface area (Å²) in [5.74, 6) is -0.633. The van der Waals surface area contributed by atoms with Crippen LogP contribution in [0.15, 0.2) is 54.7 Å². The summed E-state index contributed by atoms with van der Waals surface area (Å²) in [7, 11) is 0. The molecule has 170 valence electrons. The van der Waals surface area contributed by atoms with Crippen LogP contribution in [0.4, 0.5) is 0 Å². The number of pyridine rings is 2. The highest BCUT2D eigenvalue weighted by Crippen LogP contribution is 2.52. The van der Waals surface area contributed by atoms with Crippen molar-refractivity contribution in [3.8, 4) is 11.4 Å². The van der Waals surface area contributed by atoms with E-state index in [1.54, 1.807) is 12.3 Å². The van der Waals surface area contributed by atoms with Crippen LogP contribution in [0.2, 0.25) is 0 Å². The minimum atomic E-state index is -0.521. The van der Waals surface area contributed by atoms with E-state index in [0.29, 0.717) is 27.9 Å². The van der Waals surface area contributed by atoms with E-state index in [4.69, 9.17) is 4.74 Å². The van der Waals surface area contributed by atoms with Gasteiger partial charge in [0.15, 0.2) is 6.61 Å². The average molecular weight is 444 g/mol. The molecule has 2 fully saturated rings. The molecule has 5 rings (SSSR count). The van der Waals surface area contributed by atoms with Gasteiger partial charge in [-0.3, -0.25) is 9.78 Å². The summed E-state index contributed by atoms with van der Waals surface area (Å²) in [6.07, 6.45) is 4.82. The molecule has 1 aliphatic heterocycles. The van der Waals surface area contributed by atoms with Crippen LogP contribution in [0.25, 0.3) is 22.3 Å². The van der Waals surface area contributed by atoms with E-state index in [1.165, 1.54) is 0 Å². The Bertz CT molecular complexity index is 1220. The van der Waals surface area contributed by atoms with E-state index in [1.807, 2.05) is 47.4 Å². The number of esters is 1. The number of amides is 1. The molecular weight excluding hydrogens is 414 g/mol. The molecule has 2 unspecified atom stereocenters. The first kappa shape index (κ1) is 21.6. The van der Waals surface area contributed by atoms with Crippen LogP contribution < -0.4 is 0 Å². The number of likely N-dealkylation sites (tertiary alicyclic amines) is 1. The second kappa shape index (κ2) is 7.94. The van der Waals surface area contributed by atoms with Crippen LogP contribution in [0.1, 0.15) is 50.4 Å². The maximum atomic E-state index is 13.1. The number of carbonyl (C=O) groups is 2. The van der Waals surface area contributed by atoms with Gasteiger partial charge in [0.1, 0.15) is 0 Å². The van der Waals surface area contributed by atoms with Crippen molar-refractivity contribution in [1.82, 2.24) is 14.9 Å². The molecular formula is C27H29N3O3. The van der Waals surface area contributed by atoms with E-state index < -0.39 is 5.97 Å². The number of aromatic nitrogens is 2. The second-order valence-corrected chi connectivity index (χ2v) is 10.6. The third kappa shape index (κ3) is 4.22. The molecule has 2 aliphatic rings. The Morgan fingerprint density at radius 2 is 1.85 bits per heavy atom. The third-order valence-electron chi connectivity index (χ3n) is 6.93. The fourth-order valence-electron chi connectivity index (χ4n) is 6.03. The number of ether oxygens (including phenoxy) is 1. The highest BCUT2D eigenvalue weighted by atomic mass is 16.5. The van der Waals surface area contributed by atoms with Crippen LogP contribution in [0.5, 0.6) is 0 Å². The zero-order valence-electron chi connectivity index (χ0n) is 19.4. The zero-order valence-corrected chi connectivity index (χ0v) is 19.4. The van der Waals surface area contributed by atoms with Gasteiger partial charge in [-0.25, -0.2) is 9.78 Å². The SMILES string of the molecule is CC1(C)CC2CC(C)(CN2C(=O)COC(=O)c2cc(-c3ccccn3)nc3ccccc23)C1. The van der Waals surface area contributed by atoms with Gasteiger partial charge < -0.3 is 9.64 Å². The predicted molar refractivity (Wildman–Crippen MR) is 126 cm³/mol.